The zero-order chi connectivity index (χ0) is 18.3. The van der Waals surface area contributed by atoms with Crippen LogP contribution in [-0.2, 0) is 0 Å². The summed E-state index contributed by atoms with van der Waals surface area (Å²) < 4.78 is 5.52. The Bertz CT molecular complexity index is 1010. The number of hydrogen-bond acceptors (Lipinski definition) is 7. The SMILES string of the molecule is O=[N+]([O-])c1ccc(N2c3ccccc3S[C@H]2c2ccco2)c([N+](=O)[O-])c1. The number of hydrogen-bond donors (Lipinski definition) is 0. The van der Waals surface area contributed by atoms with E-state index < -0.39 is 9.85 Å². The summed E-state index contributed by atoms with van der Waals surface area (Å²) in [5.41, 5.74) is 0.415. The molecule has 8 nitrogen and oxygen atoms in total. The molecule has 3 aromatic rings. The van der Waals surface area contributed by atoms with E-state index in [-0.39, 0.29) is 22.4 Å². The Morgan fingerprint density at radius 3 is 2.46 bits per heavy atom. The molecule has 2 heterocycles. The Morgan fingerprint density at radius 2 is 1.77 bits per heavy atom. The normalized spacial score (nSPS) is 15.7. The van der Waals surface area contributed by atoms with Crippen molar-refractivity contribution in [1.29, 1.82) is 0 Å². The Balaban J connectivity index is 1.91. The van der Waals surface area contributed by atoms with E-state index in [9.17, 15) is 20.2 Å². The van der Waals surface area contributed by atoms with Crippen LogP contribution in [0, 0.1) is 20.2 Å². The Morgan fingerprint density at radius 1 is 0.962 bits per heavy atom. The highest BCUT2D eigenvalue weighted by molar-refractivity contribution is 8.00. The molecular formula is C17H11N3O5S. The van der Waals surface area contributed by atoms with Crippen molar-refractivity contribution in [2.24, 2.45) is 0 Å². The van der Waals surface area contributed by atoms with E-state index in [1.165, 1.54) is 23.9 Å². The average Bonchev–Trinajstić information content (AvgIpc) is 3.28. The standard InChI is InChI=1S/C17H11N3O5S/c21-19(22)11-7-8-12(14(10-11)20(23)24)18-13-4-1-2-6-16(13)26-17(18)15-5-3-9-25-15/h1-10,17H/t17-/m0/s1. The lowest BCUT2D eigenvalue weighted by molar-refractivity contribution is -0.393. The van der Waals surface area contributed by atoms with Gasteiger partial charge < -0.3 is 9.32 Å². The van der Waals surface area contributed by atoms with Crippen molar-refractivity contribution in [2.45, 2.75) is 10.3 Å². The Hall–Kier alpha value is -3.33. The van der Waals surface area contributed by atoms with Gasteiger partial charge in [0.15, 0.2) is 0 Å². The van der Waals surface area contributed by atoms with Gasteiger partial charge in [0.05, 0.1) is 27.9 Å². The summed E-state index contributed by atoms with van der Waals surface area (Å²) in [5.74, 6) is 0.638. The Labute approximate surface area is 151 Å². The van der Waals surface area contributed by atoms with E-state index in [1.54, 1.807) is 23.3 Å². The molecule has 0 fully saturated rings. The van der Waals surface area contributed by atoms with Crippen LogP contribution in [0.5, 0.6) is 0 Å². The van der Waals surface area contributed by atoms with Crippen molar-refractivity contribution in [1.82, 2.24) is 0 Å². The van der Waals surface area contributed by atoms with Crippen LogP contribution in [0.4, 0.5) is 22.7 Å². The van der Waals surface area contributed by atoms with Gasteiger partial charge in [-0.1, -0.05) is 23.9 Å². The smallest absolute Gasteiger partial charge is 0.299 e. The molecule has 0 spiro atoms. The van der Waals surface area contributed by atoms with Gasteiger partial charge in [-0.25, -0.2) is 0 Å². The van der Waals surface area contributed by atoms with Gasteiger partial charge in [0.1, 0.15) is 16.8 Å². The first-order valence-electron chi connectivity index (χ1n) is 7.57. The maximum Gasteiger partial charge on any atom is 0.299 e. The highest BCUT2D eigenvalue weighted by atomic mass is 32.2. The van der Waals surface area contributed by atoms with E-state index in [2.05, 4.69) is 0 Å². The average molecular weight is 369 g/mol. The molecule has 1 aliphatic heterocycles. The number of rotatable bonds is 4. The first kappa shape index (κ1) is 16.2. The quantitative estimate of drug-likeness (QED) is 0.469. The van der Waals surface area contributed by atoms with Crippen LogP contribution >= 0.6 is 11.8 Å². The van der Waals surface area contributed by atoms with Gasteiger partial charge in [-0.2, -0.15) is 0 Å². The second-order valence-corrected chi connectivity index (χ2v) is 6.63. The van der Waals surface area contributed by atoms with Crippen molar-refractivity contribution in [3.63, 3.8) is 0 Å². The summed E-state index contributed by atoms with van der Waals surface area (Å²) in [6.07, 6.45) is 1.54. The number of nitro benzene ring substituents is 2. The monoisotopic (exact) mass is 369 g/mol. The van der Waals surface area contributed by atoms with Crippen molar-refractivity contribution in [3.8, 4) is 0 Å². The third-order valence-electron chi connectivity index (χ3n) is 4.01. The molecule has 1 aliphatic rings. The molecular weight excluding hydrogens is 358 g/mol. The molecule has 2 aromatic carbocycles. The van der Waals surface area contributed by atoms with Gasteiger partial charge in [0.2, 0.25) is 0 Å². The topological polar surface area (TPSA) is 103 Å². The van der Waals surface area contributed by atoms with E-state index in [0.717, 1.165) is 16.6 Å². The molecule has 26 heavy (non-hydrogen) atoms. The van der Waals surface area contributed by atoms with E-state index >= 15 is 0 Å². The third-order valence-corrected chi connectivity index (χ3v) is 5.28. The maximum atomic E-state index is 11.6. The van der Waals surface area contributed by atoms with Gasteiger partial charge in [-0.15, -0.1) is 0 Å². The van der Waals surface area contributed by atoms with Gasteiger partial charge in [0.25, 0.3) is 11.4 Å². The summed E-state index contributed by atoms with van der Waals surface area (Å²) >= 11 is 1.50. The molecule has 0 N–H and O–H groups in total. The maximum absolute atomic E-state index is 11.6. The van der Waals surface area contributed by atoms with Gasteiger partial charge in [-0.3, -0.25) is 20.2 Å². The lowest BCUT2D eigenvalue weighted by atomic mass is 10.2. The summed E-state index contributed by atoms with van der Waals surface area (Å²) in [4.78, 5) is 24.1. The minimum Gasteiger partial charge on any atom is -0.466 e. The van der Waals surface area contributed by atoms with Crippen LogP contribution in [0.1, 0.15) is 11.1 Å². The largest absolute Gasteiger partial charge is 0.466 e. The zero-order valence-electron chi connectivity index (χ0n) is 13.1. The number of benzene rings is 2. The predicted molar refractivity (Wildman–Crippen MR) is 95.6 cm³/mol. The molecule has 0 aliphatic carbocycles. The van der Waals surface area contributed by atoms with Crippen molar-refractivity contribution in [2.75, 3.05) is 4.90 Å². The number of non-ortho nitro benzene ring substituents is 1. The van der Waals surface area contributed by atoms with Crippen LogP contribution in [0.2, 0.25) is 0 Å². The summed E-state index contributed by atoms with van der Waals surface area (Å²) in [7, 11) is 0. The van der Waals surface area contributed by atoms with Crippen molar-refractivity contribution in [3.05, 3.63) is 86.8 Å². The molecule has 0 saturated carbocycles. The minimum absolute atomic E-state index is 0.277. The number of thioether (sulfide) groups is 1. The number of nitro groups is 2. The summed E-state index contributed by atoms with van der Waals surface area (Å²) in [6, 6.07) is 14.7. The van der Waals surface area contributed by atoms with Crippen LogP contribution < -0.4 is 4.90 Å². The molecule has 9 heteroatoms. The molecule has 1 atom stereocenters. The lowest BCUT2D eigenvalue weighted by Gasteiger charge is -2.24. The third kappa shape index (κ3) is 2.58. The Kier molecular flexibility index (Phi) is 3.85. The van der Waals surface area contributed by atoms with Crippen molar-refractivity contribution < 1.29 is 14.3 Å². The molecule has 0 bridgehead atoms. The van der Waals surface area contributed by atoms with E-state index in [0.29, 0.717) is 5.76 Å². The highest BCUT2D eigenvalue weighted by Gasteiger charge is 2.37. The molecule has 4 rings (SSSR count). The summed E-state index contributed by atoms with van der Waals surface area (Å²) in [5, 5.41) is 22.2. The molecule has 0 radical (unpaired) electrons. The molecule has 1 aromatic heterocycles. The zero-order valence-corrected chi connectivity index (χ0v) is 14.0. The lowest BCUT2D eigenvalue weighted by Crippen LogP contribution is -2.18. The van der Waals surface area contributed by atoms with E-state index in [4.69, 9.17) is 4.42 Å². The number of fused-ring (bicyclic) bond motifs is 1. The molecule has 0 unspecified atom stereocenters. The first-order chi connectivity index (χ1) is 12.6. The van der Waals surface area contributed by atoms with Crippen LogP contribution in [0.3, 0.4) is 0 Å². The second-order valence-electron chi connectivity index (χ2n) is 5.51. The van der Waals surface area contributed by atoms with Crippen molar-refractivity contribution >= 4 is 34.5 Å². The van der Waals surface area contributed by atoms with Crippen LogP contribution in [-0.4, -0.2) is 9.85 Å². The molecule has 0 saturated heterocycles. The fourth-order valence-corrected chi connectivity index (χ4v) is 4.17. The second kappa shape index (κ2) is 6.19. The van der Waals surface area contributed by atoms with Gasteiger partial charge in [-0.05, 0) is 30.3 Å². The minimum atomic E-state index is -0.645. The number of para-hydroxylation sites is 1. The first-order valence-corrected chi connectivity index (χ1v) is 8.45. The van der Waals surface area contributed by atoms with Gasteiger partial charge >= 0.3 is 0 Å². The predicted octanol–water partition coefficient (Wildman–Crippen LogP) is 5.04. The van der Waals surface area contributed by atoms with Crippen LogP contribution in [0.25, 0.3) is 0 Å². The van der Waals surface area contributed by atoms with Crippen LogP contribution in [0.15, 0.2) is 70.2 Å². The fraction of sp³-hybridized carbons (Fsp3) is 0.0588. The number of nitrogens with zero attached hydrogens (tertiary/aromatic N) is 3. The number of furan rings is 1. The highest BCUT2D eigenvalue weighted by Crippen LogP contribution is 2.56. The fourth-order valence-electron chi connectivity index (χ4n) is 2.90. The summed E-state index contributed by atoms with van der Waals surface area (Å²) in [6.45, 7) is 0. The number of anilines is 2. The van der Waals surface area contributed by atoms with Gasteiger partial charge in [0, 0.05) is 11.0 Å². The van der Waals surface area contributed by atoms with E-state index in [1.807, 2.05) is 24.3 Å². The molecule has 0 amide bonds. The molecule has 130 valence electrons.